The van der Waals surface area contributed by atoms with Crippen molar-refractivity contribution in [3.63, 3.8) is 0 Å². The molecule has 1 atom stereocenters. The molecule has 0 radical (unpaired) electrons. The van der Waals surface area contributed by atoms with Crippen LogP contribution in [0.4, 0.5) is 0 Å². The Morgan fingerprint density at radius 3 is 3.00 bits per heavy atom. The predicted molar refractivity (Wildman–Crippen MR) is 64.9 cm³/mol. The van der Waals surface area contributed by atoms with Crippen LogP contribution in [0.15, 0.2) is 16.9 Å². The summed E-state index contributed by atoms with van der Waals surface area (Å²) in [6, 6.07) is 0. The Kier molecular flexibility index (Phi) is 3.02. The molecule has 1 aliphatic heterocycles. The van der Waals surface area contributed by atoms with Crippen molar-refractivity contribution in [1.82, 2.24) is 25.4 Å². The summed E-state index contributed by atoms with van der Waals surface area (Å²) in [6.07, 6.45) is 5.61. The molecule has 6 heteroatoms. The monoisotopic (exact) mass is 245 g/mol. The fourth-order valence-corrected chi connectivity index (χ4v) is 2.08. The molecule has 0 bridgehead atoms. The SMILES string of the molecule is Cc1cnc(-c2nc(C3CCCNC3)no2)cn1. The van der Waals surface area contributed by atoms with Gasteiger partial charge in [0.2, 0.25) is 0 Å². The van der Waals surface area contributed by atoms with Crippen LogP contribution in [0.3, 0.4) is 0 Å². The number of piperidine rings is 1. The quantitative estimate of drug-likeness (QED) is 0.859. The van der Waals surface area contributed by atoms with Crippen LogP contribution in [0.2, 0.25) is 0 Å². The molecule has 2 aromatic heterocycles. The topological polar surface area (TPSA) is 76.7 Å². The summed E-state index contributed by atoms with van der Waals surface area (Å²) < 4.78 is 5.25. The normalized spacial score (nSPS) is 19.9. The van der Waals surface area contributed by atoms with Crippen LogP contribution in [-0.4, -0.2) is 33.2 Å². The highest BCUT2D eigenvalue weighted by Crippen LogP contribution is 2.22. The van der Waals surface area contributed by atoms with E-state index in [0.29, 0.717) is 17.5 Å². The minimum Gasteiger partial charge on any atom is -0.332 e. The van der Waals surface area contributed by atoms with Gasteiger partial charge < -0.3 is 9.84 Å². The van der Waals surface area contributed by atoms with E-state index in [-0.39, 0.29) is 0 Å². The molecule has 1 aliphatic rings. The molecule has 1 fully saturated rings. The van der Waals surface area contributed by atoms with E-state index in [1.807, 2.05) is 6.92 Å². The van der Waals surface area contributed by atoms with Crippen molar-refractivity contribution in [2.75, 3.05) is 13.1 Å². The molecule has 1 saturated heterocycles. The van der Waals surface area contributed by atoms with Gasteiger partial charge in [-0.05, 0) is 26.3 Å². The molecule has 0 aliphatic carbocycles. The maximum absolute atomic E-state index is 5.25. The van der Waals surface area contributed by atoms with Gasteiger partial charge in [0.05, 0.1) is 11.9 Å². The van der Waals surface area contributed by atoms with E-state index in [1.54, 1.807) is 12.4 Å². The number of aromatic nitrogens is 4. The Morgan fingerprint density at radius 2 is 2.28 bits per heavy atom. The van der Waals surface area contributed by atoms with E-state index in [2.05, 4.69) is 25.4 Å². The fraction of sp³-hybridized carbons (Fsp3) is 0.500. The molecule has 6 nitrogen and oxygen atoms in total. The number of rotatable bonds is 2. The molecule has 0 amide bonds. The van der Waals surface area contributed by atoms with E-state index in [4.69, 9.17) is 4.52 Å². The lowest BCUT2D eigenvalue weighted by molar-refractivity contribution is 0.392. The lowest BCUT2D eigenvalue weighted by Crippen LogP contribution is -2.28. The molecule has 0 spiro atoms. The van der Waals surface area contributed by atoms with E-state index in [9.17, 15) is 0 Å². The van der Waals surface area contributed by atoms with Gasteiger partial charge in [0, 0.05) is 18.7 Å². The van der Waals surface area contributed by atoms with Crippen LogP contribution in [0.1, 0.15) is 30.3 Å². The van der Waals surface area contributed by atoms with Gasteiger partial charge in [-0.2, -0.15) is 4.98 Å². The van der Waals surface area contributed by atoms with Crippen molar-refractivity contribution in [2.24, 2.45) is 0 Å². The number of aryl methyl sites for hydroxylation is 1. The molecule has 2 aromatic rings. The molecule has 18 heavy (non-hydrogen) atoms. The maximum Gasteiger partial charge on any atom is 0.278 e. The van der Waals surface area contributed by atoms with Crippen molar-refractivity contribution in [3.05, 3.63) is 23.9 Å². The molecule has 94 valence electrons. The van der Waals surface area contributed by atoms with Gasteiger partial charge in [-0.3, -0.25) is 4.98 Å². The Bertz CT molecular complexity index is 516. The van der Waals surface area contributed by atoms with Gasteiger partial charge >= 0.3 is 0 Å². The van der Waals surface area contributed by atoms with Crippen LogP contribution >= 0.6 is 0 Å². The highest BCUT2D eigenvalue weighted by molar-refractivity contribution is 5.44. The second-order valence-corrected chi connectivity index (χ2v) is 4.54. The molecule has 1 N–H and O–H groups in total. The lowest BCUT2D eigenvalue weighted by atomic mass is 9.99. The minimum atomic E-state index is 0.342. The van der Waals surface area contributed by atoms with Crippen molar-refractivity contribution in [1.29, 1.82) is 0 Å². The van der Waals surface area contributed by atoms with Gasteiger partial charge in [0.25, 0.3) is 5.89 Å². The first-order valence-electron chi connectivity index (χ1n) is 6.16. The van der Waals surface area contributed by atoms with Gasteiger partial charge in [-0.25, -0.2) is 4.98 Å². The van der Waals surface area contributed by atoms with E-state index in [1.165, 1.54) is 0 Å². The first-order valence-corrected chi connectivity index (χ1v) is 6.16. The van der Waals surface area contributed by atoms with Crippen LogP contribution in [0.25, 0.3) is 11.6 Å². The van der Waals surface area contributed by atoms with Crippen molar-refractivity contribution in [3.8, 4) is 11.6 Å². The third kappa shape index (κ3) is 2.24. The largest absolute Gasteiger partial charge is 0.332 e. The summed E-state index contributed by atoms with van der Waals surface area (Å²) in [6.45, 7) is 3.88. The lowest BCUT2D eigenvalue weighted by Gasteiger charge is -2.19. The number of nitrogens with zero attached hydrogens (tertiary/aromatic N) is 4. The molecule has 0 saturated carbocycles. The highest BCUT2D eigenvalue weighted by Gasteiger charge is 2.21. The number of hydrogen-bond donors (Lipinski definition) is 1. The van der Waals surface area contributed by atoms with Crippen LogP contribution in [-0.2, 0) is 0 Å². The average Bonchev–Trinajstić information content (AvgIpc) is 2.90. The Hall–Kier alpha value is -1.82. The Balaban J connectivity index is 1.82. The van der Waals surface area contributed by atoms with Gasteiger partial charge in [-0.15, -0.1) is 0 Å². The molecule has 3 heterocycles. The van der Waals surface area contributed by atoms with Gasteiger partial charge in [0.15, 0.2) is 5.82 Å². The third-order valence-corrected chi connectivity index (χ3v) is 3.10. The summed E-state index contributed by atoms with van der Waals surface area (Å²) in [5, 5.41) is 7.38. The van der Waals surface area contributed by atoms with Crippen molar-refractivity contribution < 1.29 is 4.52 Å². The zero-order valence-corrected chi connectivity index (χ0v) is 10.3. The summed E-state index contributed by atoms with van der Waals surface area (Å²) in [5.74, 6) is 1.55. The van der Waals surface area contributed by atoms with Crippen LogP contribution in [0, 0.1) is 6.92 Å². The first kappa shape index (κ1) is 11.3. The first-order chi connectivity index (χ1) is 8.83. The molecular formula is C12H15N5O. The summed E-state index contributed by atoms with van der Waals surface area (Å²) in [7, 11) is 0. The number of nitrogens with one attached hydrogen (secondary N) is 1. The summed E-state index contributed by atoms with van der Waals surface area (Å²) in [4.78, 5) is 12.8. The van der Waals surface area contributed by atoms with E-state index < -0.39 is 0 Å². The van der Waals surface area contributed by atoms with Gasteiger partial charge in [0.1, 0.15) is 5.69 Å². The molecular weight excluding hydrogens is 230 g/mol. The summed E-state index contributed by atoms with van der Waals surface area (Å²) in [5.41, 5.74) is 1.50. The zero-order valence-electron chi connectivity index (χ0n) is 10.3. The fourth-order valence-electron chi connectivity index (χ4n) is 2.08. The maximum atomic E-state index is 5.25. The average molecular weight is 245 g/mol. The smallest absolute Gasteiger partial charge is 0.278 e. The summed E-state index contributed by atoms with van der Waals surface area (Å²) >= 11 is 0. The zero-order chi connectivity index (χ0) is 12.4. The standard InChI is InChI=1S/C12H15N5O/c1-8-5-15-10(7-14-8)12-16-11(17-18-12)9-3-2-4-13-6-9/h5,7,9,13H,2-4,6H2,1H3. The third-order valence-electron chi connectivity index (χ3n) is 3.10. The number of hydrogen-bond acceptors (Lipinski definition) is 6. The molecule has 0 aromatic carbocycles. The van der Waals surface area contributed by atoms with E-state index >= 15 is 0 Å². The van der Waals surface area contributed by atoms with Crippen LogP contribution in [0.5, 0.6) is 0 Å². The Labute approximate surface area is 105 Å². The van der Waals surface area contributed by atoms with Crippen molar-refractivity contribution >= 4 is 0 Å². The van der Waals surface area contributed by atoms with Gasteiger partial charge in [-0.1, -0.05) is 5.16 Å². The van der Waals surface area contributed by atoms with E-state index in [0.717, 1.165) is 37.4 Å². The van der Waals surface area contributed by atoms with Crippen LogP contribution < -0.4 is 5.32 Å². The highest BCUT2D eigenvalue weighted by atomic mass is 16.5. The second-order valence-electron chi connectivity index (χ2n) is 4.54. The molecule has 3 rings (SSSR count). The minimum absolute atomic E-state index is 0.342. The predicted octanol–water partition coefficient (Wildman–Crippen LogP) is 1.30. The molecule has 1 unspecified atom stereocenters. The van der Waals surface area contributed by atoms with Crippen molar-refractivity contribution in [2.45, 2.75) is 25.7 Å². The Morgan fingerprint density at radius 1 is 1.33 bits per heavy atom. The second kappa shape index (κ2) is 4.81.